The van der Waals surface area contributed by atoms with Crippen LogP contribution in [0.2, 0.25) is 0 Å². The number of rotatable bonds is 2. The molecule has 0 aromatic rings. The first-order chi connectivity index (χ1) is 6.38. The SMILES string of the molecule is C[C@H](C1CCNCC1)N1CCCC1. The van der Waals surface area contributed by atoms with E-state index in [1.54, 1.807) is 0 Å². The number of nitrogens with one attached hydrogen (secondary N) is 1. The predicted molar refractivity (Wildman–Crippen MR) is 55.9 cm³/mol. The molecule has 2 rings (SSSR count). The molecule has 0 bridgehead atoms. The summed E-state index contributed by atoms with van der Waals surface area (Å²) < 4.78 is 0. The van der Waals surface area contributed by atoms with Gasteiger partial charge in [0.25, 0.3) is 0 Å². The molecule has 2 aliphatic rings. The molecule has 0 aromatic carbocycles. The Morgan fingerprint density at radius 2 is 1.77 bits per heavy atom. The van der Waals surface area contributed by atoms with Crippen molar-refractivity contribution in [3.8, 4) is 0 Å². The van der Waals surface area contributed by atoms with E-state index in [1.807, 2.05) is 0 Å². The van der Waals surface area contributed by atoms with E-state index in [0.717, 1.165) is 12.0 Å². The number of nitrogens with zero attached hydrogens (tertiary/aromatic N) is 1. The summed E-state index contributed by atoms with van der Waals surface area (Å²) in [6.07, 6.45) is 5.62. The van der Waals surface area contributed by atoms with Crippen LogP contribution >= 0.6 is 0 Å². The summed E-state index contributed by atoms with van der Waals surface area (Å²) in [4.78, 5) is 2.69. The van der Waals surface area contributed by atoms with Crippen LogP contribution in [0, 0.1) is 5.92 Å². The second kappa shape index (κ2) is 4.43. The summed E-state index contributed by atoms with van der Waals surface area (Å²) >= 11 is 0. The van der Waals surface area contributed by atoms with E-state index in [9.17, 15) is 0 Å². The van der Waals surface area contributed by atoms with Crippen LogP contribution in [0.15, 0.2) is 0 Å². The van der Waals surface area contributed by atoms with Crippen molar-refractivity contribution >= 4 is 0 Å². The summed E-state index contributed by atoms with van der Waals surface area (Å²) in [6.45, 7) is 7.61. The molecule has 2 nitrogen and oxygen atoms in total. The van der Waals surface area contributed by atoms with Gasteiger partial charge in [-0.25, -0.2) is 0 Å². The van der Waals surface area contributed by atoms with Crippen molar-refractivity contribution in [1.29, 1.82) is 0 Å². The highest BCUT2D eigenvalue weighted by Crippen LogP contribution is 2.23. The van der Waals surface area contributed by atoms with Crippen LogP contribution in [0.1, 0.15) is 32.6 Å². The second-order valence-corrected chi connectivity index (χ2v) is 4.57. The Bertz CT molecular complexity index is 146. The van der Waals surface area contributed by atoms with Crippen LogP contribution in [0.5, 0.6) is 0 Å². The van der Waals surface area contributed by atoms with Crippen LogP contribution in [0.4, 0.5) is 0 Å². The van der Waals surface area contributed by atoms with Crippen LogP contribution in [0.25, 0.3) is 0 Å². The lowest BCUT2D eigenvalue weighted by Gasteiger charge is -2.34. The molecule has 76 valence electrons. The first-order valence-corrected chi connectivity index (χ1v) is 5.82. The quantitative estimate of drug-likeness (QED) is 0.695. The van der Waals surface area contributed by atoms with Crippen molar-refractivity contribution in [3.05, 3.63) is 0 Å². The number of piperidine rings is 1. The van der Waals surface area contributed by atoms with E-state index in [-0.39, 0.29) is 0 Å². The molecule has 0 unspecified atom stereocenters. The van der Waals surface area contributed by atoms with Crippen LogP contribution in [-0.4, -0.2) is 37.1 Å². The summed E-state index contributed by atoms with van der Waals surface area (Å²) in [7, 11) is 0. The molecule has 2 aliphatic heterocycles. The van der Waals surface area contributed by atoms with Gasteiger partial charge in [0, 0.05) is 6.04 Å². The maximum Gasteiger partial charge on any atom is 0.00961 e. The average Bonchev–Trinajstić information content (AvgIpc) is 2.71. The molecule has 13 heavy (non-hydrogen) atoms. The Morgan fingerprint density at radius 3 is 2.38 bits per heavy atom. The first-order valence-electron chi connectivity index (χ1n) is 5.82. The van der Waals surface area contributed by atoms with Gasteiger partial charge in [-0.2, -0.15) is 0 Å². The minimum atomic E-state index is 0.838. The van der Waals surface area contributed by atoms with Crippen molar-refractivity contribution in [1.82, 2.24) is 10.2 Å². The lowest BCUT2D eigenvalue weighted by Crippen LogP contribution is -2.41. The standard InChI is InChI=1S/C11H22N2/c1-10(13-8-2-3-9-13)11-4-6-12-7-5-11/h10-12H,2-9H2,1H3/t10-/m1/s1. The molecular formula is C11H22N2. The van der Waals surface area contributed by atoms with Gasteiger partial charge in [0.15, 0.2) is 0 Å². The molecule has 0 radical (unpaired) electrons. The van der Waals surface area contributed by atoms with E-state index in [1.165, 1.54) is 51.9 Å². The van der Waals surface area contributed by atoms with Gasteiger partial charge in [0.1, 0.15) is 0 Å². The molecule has 2 heterocycles. The second-order valence-electron chi connectivity index (χ2n) is 4.57. The van der Waals surface area contributed by atoms with Gasteiger partial charge in [-0.3, -0.25) is 0 Å². The van der Waals surface area contributed by atoms with Gasteiger partial charge >= 0.3 is 0 Å². The summed E-state index contributed by atoms with van der Waals surface area (Å²) in [5, 5.41) is 3.44. The molecular weight excluding hydrogens is 160 g/mol. The van der Waals surface area contributed by atoms with Crippen molar-refractivity contribution in [3.63, 3.8) is 0 Å². The Hall–Kier alpha value is -0.0800. The van der Waals surface area contributed by atoms with Crippen LogP contribution in [-0.2, 0) is 0 Å². The summed E-state index contributed by atoms with van der Waals surface area (Å²) in [5.74, 6) is 0.958. The van der Waals surface area contributed by atoms with Gasteiger partial charge in [0.05, 0.1) is 0 Å². The molecule has 2 fully saturated rings. The normalized spacial score (nSPS) is 29.3. The predicted octanol–water partition coefficient (Wildman–Crippen LogP) is 1.47. The summed E-state index contributed by atoms with van der Waals surface area (Å²) in [5.41, 5.74) is 0. The molecule has 0 aromatic heterocycles. The van der Waals surface area contributed by atoms with Crippen molar-refractivity contribution in [2.45, 2.75) is 38.6 Å². The Kier molecular flexibility index (Phi) is 3.23. The van der Waals surface area contributed by atoms with Crippen molar-refractivity contribution in [2.75, 3.05) is 26.2 Å². The number of hydrogen-bond donors (Lipinski definition) is 1. The van der Waals surface area contributed by atoms with Gasteiger partial charge in [-0.05, 0) is 64.7 Å². The summed E-state index contributed by atoms with van der Waals surface area (Å²) in [6, 6.07) is 0.838. The first kappa shape index (κ1) is 9.47. The topological polar surface area (TPSA) is 15.3 Å². The molecule has 1 N–H and O–H groups in total. The fraction of sp³-hybridized carbons (Fsp3) is 1.00. The molecule has 0 aliphatic carbocycles. The van der Waals surface area contributed by atoms with Crippen LogP contribution < -0.4 is 5.32 Å². The van der Waals surface area contributed by atoms with Crippen molar-refractivity contribution < 1.29 is 0 Å². The van der Waals surface area contributed by atoms with E-state index in [4.69, 9.17) is 0 Å². The van der Waals surface area contributed by atoms with Gasteiger partial charge < -0.3 is 10.2 Å². The number of likely N-dealkylation sites (tertiary alicyclic amines) is 1. The maximum absolute atomic E-state index is 3.44. The van der Waals surface area contributed by atoms with Crippen LogP contribution in [0.3, 0.4) is 0 Å². The highest BCUT2D eigenvalue weighted by Gasteiger charge is 2.26. The highest BCUT2D eigenvalue weighted by atomic mass is 15.2. The zero-order valence-electron chi connectivity index (χ0n) is 8.76. The van der Waals surface area contributed by atoms with E-state index >= 15 is 0 Å². The fourth-order valence-corrected chi connectivity index (χ4v) is 2.77. The number of hydrogen-bond acceptors (Lipinski definition) is 2. The fourth-order valence-electron chi connectivity index (χ4n) is 2.77. The lowest BCUT2D eigenvalue weighted by atomic mass is 9.90. The average molecular weight is 182 g/mol. The van der Waals surface area contributed by atoms with E-state index in [0.29, 0.717) is 0 Å². The smallest absolute Gasteiger partial charge is 0.00961 e. The molecule has 1 atom stereocenters. The molecule has 0 amide bonds. The zero-order valence-corrected chi connectivity index (χ0v) is 8.76. The van der Waals surface area contributed by atoms with Gasteiger partial charge in [0.2, 0.25) is 0 Å². The third-order valence-electron chi connectivity index (χ3n) is 3.78. The zero-order chi connectivity index (χ0) is 9.10. The van der Waals surface area contributed by atoms with E-state index in [2.05, 4.69) is 17.1 Å². The molecule has 0 saturated carbocycles. The highest BCUT2D eigenvalue weighted by molar-refractivity contribution is 4.82. The Labute approximate surface area is 81.7 Å². The largest absolute Gasteiger partial charge is 0.317 e. The van der Waals surface area contributed by atoms with Gasteiger partial charge in [-0.1, -0.05) is 0 Å². The third kappa shape index (κ3) is 2.23. The minimum absolute atomic E-state index is 0.838. The Morgan fingerprint density at radius 1 is 1.15 bits per heavy atom. The van der Waals surface area contributed by atoms with Gasteiger partial charge in [-0.15, -0.1) is 0 Å². The Balaban J connectivity index is 1.83. The lowest BCUT2D eigenvalue weighted by molar-refractivity contribution is 0.162. The molecule has 2 saturated heterocycles. The molecule has 0 spiro atoms. The minimum Gasteiger partial charge on any atom is -0.317 e. The van der Waals surface area contributed by atoms with E-state index < -0.39 is 0 Å². The monoisotopic (exact) mass is 182 g/mol. The molecule has 2 heteroatoms. The van der Waals surface area contributed by atoms with Crippen molar-refractivity contribution in [2.24, 2.45) is 5.92 Å². The third-order valence-corrected chi connectivity index (χ3v) is 3.78. The maximum atomic E-state index is 3.44.